The number of benzene rings is 12. The minimum Gasteiger partial charge on any atom is -0.333 e. The third-order valence-corrected chi connectivity index (χ3v) is 15.8. The van der Waals surface area contributed by atoms with Crippen LogP contribution in [0.5, 0.6) is 0 Å². The molecule has 75 heavy (non-hydrogen) atoms. The number of hydrogen-bond donors (Lipinski definition) is 0. The van der Waals surface area contributed by atoms with Crippen molar-refractivity contribution in [3.63, 3.8) is 0 Å². The van der Waals surface area contributed by atoms with Crippen LogP contribution in [0.3, 0.4) is 0 Å². The maximum atomic E-state index is 5.50. The van der Waals surface area contributed by atoms with Crippen molar-refractivity contribution >= 4 is 65.5 Å². The molecule has 2 heterocycles. The first-order valence-electron chi connectivity index (χ1n) is 25.9. The highest BCUT2D eigenvalue weighted by molar-refractivity contribution is 6.24. The van der Waals surface area contributed by atoms with E-state index < -0.39 is 0 Å². The smallest absolute Gasteiger partial charge is 0.0979 e. The zero-order valence-electron chi connectivity index (χ0n) is 41.0. The highest BCUT2D eigenvalue weighted by atomic mass is 15.2. The van der Waals surface area contributed by atoms with Gasteiger partial charge in [-0.1, -0.05) is 212 Å². The summed E-state index contributed by atoms with van der Waals surface area (Å²) in [6.07, 6.45) is 11.0. The number of para-hydroxylation sites is 1. The van der Waals surface area contributed by atoms with Crippen molar-refractivity contribution in [2.24, 2.45) is 0 Å². The molecule has 13 aromatic rings. The number of aromatic nitrogens is 2. The van der Waals surface area contributed by atoms with Crippen LogP contribution < -0.4 is 4.90 Å². The molecule has 0 saturated heterocycles. The molecule has 0 spiro atoms. The van der Waals surface area contributed by atoms with Gasteiger partial charge in [0, 0.05) is 33.6 Å². The Morgan fingerprint density at radius 2 is 0.800 bits per heavy atom. The second-order valence-electron chi connectivity index (χ2n) is 20.1. The van der Waals surface area contributed by atoms with E-state index >= 15 is 0 Å². The second kappa shape index (κ2) is 17.5. The predicted octanol–water partition coefficient (Wildman–Crippen LogP) is 19.0. The number of nitrogens with zero attached hydrogens (tertiary/aromatic N) is 3. The van der Waals surface area contributed by atoms with E-state index in [-0.39, 0.29) is 6.04 Å². The second-order valence-corrected chi connectivity index (χ2v) is 20.1. The molecule has 1 aromatic heterocycles. The van der Waals surface area contributed by atoms with Gasteiger partial charge >= 0.3 is 0 Å². The van der Waals surface area contributed by atoms with Crippen LogP contribution in [-0.4, -0.2) is 16.0 Å². The standard InChI is InChI=1S/C72H47N3/c1-2-20-61(21-3-1)75-69-23-9-8-22-62(69)63-35-32-59(44-70(63)75)49-26-24-48(25-27-49)52-16-10-17-53(38-52)54-18-11-19-60(41-54)68-45-73-71-64-36-33-57(55-30-28-46-12-4-6-14-50(46)39-55)42-66(64)67-43-58(34-37-65(67)72(71)74-68)56-31-29-47-13-5-7-15-51(47)40-56/h1-45,62,69H. The molecule has 3 heteroatoms. The summed E-state index contributed by atoms with van der Waals surface area (Å²) < 4.78 is 0. The van der Waals surface area contributed by atoms with Gasteiger partial charge in [0.25, 0.3) is 0 Å². The highest BCUT2D eigenvalue weighted by Crippen LogP contribution is 2.49. The highest BCUT2D eigenvalue weighted by Gasteiger charge is 2.37. The summed E-state index contributed by atoms with van der Waals surface area (Å²) in [4.78, 5) is 13.3. The first-order chi connectivity index (χ1) is 37.1. The average Bonchev–Trinajstić information content (AvgIpc) is 3.84. The van der Waals surface area contributed by atoms with Crippen molar-refractivity contribution in [3.8, 4) is 66.9 Å². The minimum atomic E-state index is 0.271. The topological polar surface area (TPSA) is 29.0 Å². The summed E-state index contributed by atoms with van der Waals surface area (Å²) in [5, 5.41) is 9.42. The maximum Gasteiger partial charge on any atom is 0.0979 e. The molecule has 2 atom stereocenters. The zero-order chi connectivity index (χ0) is 49.4. The summed E-state index contributed by atoms with van der Waals surface area (Å²) in [6, 6.07) is 89.0. The molecule has 0 amide bonds. The van der Waals surface area contributed by atoms with Crippen LogP contribution in [0.15, 0.2) is 273 Å². The quantitative estimate of drug-likeness (QED) is 0.149. The molecule has 1 aliphatic heterocycles. The minimum absolute atomic E-state index is 0.271. The summed E-state index contributed by atoms with van der Waals surface area (Å²) in [5.74, 6) is 0.338. The van der Waals surface area contributed by atoms with E-state index in [1.807, 2.05) is 6.20 Å². The van der Waals surface area contributed by atoms with Crippen molar-refractivity contribution in [1.29, 1.82) is 0 Å². The van der Waals surface area contributed by atoms with Crippen LogP contribution in [0, 0.1) is 0 Å². The molecule has 0 saturated carbocycles. The van der Waals surface area contributed by atoms with Crippen LogP contribution in [0.1, 0.15) is 11.5 Å². The molecular formula is C72H47N3. The molecule has 15 rings (SSSR count). The number of anilines is 2. The van der Waals surface area contributed by atoms with Gasteiger partial charge in [-0.3, -0.25) is 4.98 Å². The van der Waals surface area contributed by atoms with E-state index in [4.69, 9.17) is 9.97 Å². The van der Waals surface area contributed by atoms with Gasteiger partial charge in [0.15, 0.2) is 0 Å². The fraction of sp³-hybridized carbons (Fsp3) is 0.0278. The molecule has 0 bridgehead atoms. The lowest BCUT2D eigenvalue weighted by atomic mass is 9.90. The molecule has 2 unspecified atom stereocenters. The first kappa shape index (κ1) is 42.9. The van der Waals surface area contributed by atoms with E-state index in [1.54, 1.807) is 0 Å². The predicted molar refractivity (Wildman–Crippen MR) is 316 cm³/mol. The summed E-state index contributed by atoms with van der Waals surface area (Å²) in [5.41, 5.74) is 19.3. The Kier molecular flexibility index (Phi) is 10.0. The van der Waals surface area contributed by atoms with Gasteiger partial charge < -0.3 is 4.90 Å². The summed E-state index contributed by atoms with van der Waals surface area (Å²) in [7, 11) is 0. The molecule has 350 valence electrons. The van der Waals surface area contributed by atoms with Gasteiger partial charge in [-0.15, -0.1) is 0 Å². The Hall–Kier alpha value is -9.70. The summed E-state index contributed by atoms with van der Waals surface area (Å²) >= 11 is 0. The van der Waals surface area contributed by atoms with Crippen molar-refractivity contribution in [2.45, 2.75) is 12.0 Å². The fourth-order valence-corrected chi connectivity index (χ4v) is 12.0. The van der Waals surface area contributed by atoms with E-state index in [0.29, 0.717) is 5.92 Å². The third-order valence-electron chi connectivity index (χ3n) is 15.8. The number of fused-ring (bicyclic) bond motifs is 11. The van der Waals surface area contributed by atoms with Crippen LogP contribution >= 0.6 is 0 Å². The van der Waals surface area contributed by atoms with E-state index in [1.165, 1.54) is 83.0 Å². The van der Waals surface area contributed by atoms with Crippen molar-refractivity contribution in [2.75, 3.05) is 4.90 Å². The van der Waals surface area contributed by atoms with Crippen LogP contribution in [-0.2, 0) is 0 Å². The van der Waals surface area contributed by atoms with Crippen molar-refractivity contribution < 1.29 is 0 Å². The third kappa shape index (κ3) is 7.43. The Morgan fingerprint density at radius 3 is 1.45 bits per heavy atom. The van der Waals surface area contributed by atoms with Crippen molar-refractivity contribution in [1.82, 2.24) is 9.97 Å². The van der Waals surface area contributed by atoms with E-state index in [9.17, 15) is 0 Å². The van der Waals surface area contributed by atoms with Crippen LogP contribution in [0.25, 0.3) is 121 Å². The lowest BCUT2D eigenvalue weighted by molar-refractivity contribution is 0.745. The summed E-state index contributed by atoms with van der Waals surface area (Å²) in [6.45, 7) is 0. The zero-order valence-corrected chi connectivity index (χ0v) is 41.0. The molecule has 2 aliphatic rings. The average molecular weight is 954 g/mol. The Bertz CT molecular complexity index is 4490. The molecule has 0 radical (unpaired) electrons. The largest absolute Gasteiger partial charge is 0.333 e. The van der Waals surface area contributed by atoms with Crippen LogP contribution in [0.4, 0.5) is 11.4 Å². The van der Waals surface area contributed by atoms with E-state index in [2.05, 4.69) is 272 Å². The molecule has 0 fully saturated rings. The Labute approximate surface area is 435 Å². The number of hydrogen-bond acceptors (Lipinski definition) is 3. The molecule has 0 N–H and O–H groups in total. The molecular weight excluding hydrogens is 907 g/mol. The van der Waals surface area contributed by atoms with Gasteiger partial charge in [0.1, 0.15) is 0 Å². The van der Waals surface area contributed by atoms with Gasteiger partial charge in [0.2, 0.25) is 0 Å². The van der Waals surface area contributed by atoms with Gasteiger partial charge in [0.05, 0.1) is 29.0 Å². The Morgan fingerprint density at radius 1 is 0.320 bits per heavy atom. The van der Waals surface area contributed by atoms with Gasteiger partial charge in [-0.25, -0.2) is 4.98 Å². The number of rotatable bonds is 7. The molecule has 1 aliphatic carbocycles. The normalized spacial score (nSPS) is 14.8. The SMILES string of the molecule is C1=CC2c3ccc(-c4ccc(-c5cccc(-c6cccc(-c7cnc8c9ccc(-c%10ccc%11ccccc%11c%10)cc9c9cc(-c%10ccc%11ccccc%11c%10)ccc9c8n7)c6)c5)cc4)cc3N(c3ccccc3)C2C=C1. The molecule has 3 nitrogen and oxygen atoms in total. The van der Waals surface area contributed by atoms with E-state index in [0.717, 1.165) is 55.0 Å². The maximum absolute atomic E-state index is 5.50. The van der Waals surface area contributed by atoms with Crippen LogP contribution in [0.2, 0.25) is 0 Å². The first-order valence-corrected chi connectivity index (χ1v) is 25.9. The fourth-order valence-electron chi connectivity index (χ4n) is 12.0. The lowest BCUT2D eigenvalue weighted by Gasteiger charge is -2.28. The van der Waals surface area contributed by atoms with Crippen molar-refractivity contribution in [3.05, 3.63) is 279 Å². The molecule has 12 aromatic carbocycles. The van der Waals surface area contributed by atoms with Gasteiger partial charge in [-0.05, 0) is 148 Å². The number of allylic oxidation sites excluding steroid dienone is 2. The lowest BCUT2D eigenvalue weighted by Crippen LogP contribution is -2.28. The monoisotopic (exact) mass is 953 g/mol. The van der Waals surface area contributed by atoms with Gasteiger partial charge in [-0.2, -0.15) is 0 Å². The Balaban J connectivity index is 0.775.